The molecule has 1 aliphatic rings. The van der Waals surface area contributed by atoms with E-state index in [9.17, 15) is 35.3 Å². The van der Waals surface area contributed by atoms with Crippen LogP contribution in [0.15, 0.2) is 30.0 Å². The van der Waals surface area contributed by atoms with E-state index in [-0.39, 0.29) is 11.3 Å². The van der Waals surface area contributed by atoms with Crippen molar-refractivity contribution in [2.24, 2.45) is 0 Å². The van der Waals surface area contributed by atoms with Crippen LogP contribution < -0.4 is 0 Å². The molecule has 1 aromatic carbocycles. The molecule has 5 N–H and O–H groups in total. The van der Waals surface area contributed by atoms with Crippen LogP contribution in [0.25, 0.3) is 6.08 Å². The molecule has 0 aromatic heterocycles. The molecule has 26 heavy (non-hydrogen) atoms. The number of aliphatic carboxylic acids is 1. The van der Waals surface area contributed by atoms with Gasteiger partial charge in [0.25, 0.3) is 5.69 Å². The zero-order valence-electron chi connectivity index (χ0n) is 13.2. The van der Waals surface area contributed by atoms with Gasteiger partial charge in [-0.25, -0.2) is 4.79 Å². The number of ether oxygens (including phenoxy) is 2. The molecule has 0 saturated carbocycles. The summed E-state index contributed by atoms with van der Waals surface area (Å²) in [5, 5.41) is 58.7. The van der Waals surface area contributed by atoms with Gasteiger partial charge in [-0.15, -0.1) is 0 Å². The van der Waals surface area contributed by atoms with Gasteiger partial charge in [0.2, 0.25) is 12.0 Å². The molecule has 0 aliphatic carbocycles. The van der Waals surface area contributed by atoms with E-state index >= 15 is 0 Å². The second-order valence-electron chi connectivity index (χ2n) is 5.44. The van der Waals surface area contributed by atoms with Crippen LogP contribution >= 0.6 is 0 Å². The van der Waals surface area contributed by atoms with E-state index in [1.165, 1.54) is 24.3 Å². The Balaban J connectivity index is 2.31. The van der Waals surface area contributed by atoms with E-state index in [0.29, 0.717) is 0 Å². The molecule has 142 valence electrons. The molecule has 0 bridgehead atoms. The van der Waals surface area contributed by atoms with E-state index in [1.807, 2.05) is 0 Å². The fraction of sp³-hybridized carbons (Fsp3) is 0.400. The Bertz CT molecular complexity index is 703. The van der Waals surface area contributed by atoms with Gasteiger partial charge in [-0.3, -0.25) is 10.1 Å². The standard InChI is InChI=1S/C15H17NO10/c17-6-10-11(18)12(19)13(20)15(26-10)25-9(14(21)22)5-7-3-1-2-4-8(7)16(23)24/h1-5,10-13,15,17-20H,6H2,(H,21,22)/t10-,11?,12+,13-,15-/m0/s1. The number of rotatable bonds is 6. The summed E-state index contributed by atoms with van der Waals surface area (Å²) in [5.74, 6) is -2.41. The number of nitrogens with zero attached hydrogens (tertiary/aromatic N) is 1. The van der Waals surface area contributed by atoms with Gasteiger partial charge in [0.1, 0.15) is 24.4 Å². The van der Waals surface area contributed by atoms with Crippen LogP contribution in [0.4, 0.5) is 5.69 Å². The summed E-state index contributed by atoms with van der Waals surface area (Å²) in [6.45, 7) is -0.721. The van der Waals surface area contributed by atoms with Crippen LogP contribution in [0.3, 0.4) is 0 Å². The van der Waals surface area contributed by atoms with E-state index in [0.717, 1.165) is 6.08 Å². The zero-order valence-corrected chi connectivity index (χ0v) is 13.2. The molecule has 1 heterocycles. The number of aliphatic hydroxyl groups is 4. The van der Waals surface area contributed by atoms with E-state index < -0.39 is 54.0 Å². The fourth-order valence-electron chi connectivity index (χ4n) is 2.35. The molecule has 5 atom stereocenters. The number of para-hydroxylation sites is 1. The Morgan fingerprint density at radius 1 is 1.23 bits per heavy atom. The predicted molar refractivity (Wildman–Crippen MR) is 83.6 cm³/mol. The lowest BCUT2D eigenvalue weighted by atomic mass is 9.99. The highest BCUT2D eigenvalue weighted by molar-refractivity contribution is 5.90. The number of carbonyl (C=O) groups is 1. The van der Waals surface area contributed by atoms with Gasteiger partial charge in [-0.1, -0.05) is 12.1 Å². The number of hydrogen-bond donors (Lipinski definition) is 5. The number of carboxylic acids is 1. The average Bonchev–Trinajstić information content (AvgIpc) is 2.61. The number of hydrogen-bond acceptors (Lipinski definition) is 9. The van der Waals surface area contributed by atoms with Crippen LogP contribution in [-0.4, -0.2) is 73.7 Å². The Morgan fingerprint density at radius 2 is 1.88 bits per heavy atom. The molecule has 11 nitrogen and oxygen atoms in total. The van der Waals surface area contributed by atoms with Crippen LogP contribution in [0.5, 0.6) is 0 Å². The monoisotopic (exact) mass is 371 g/mol. The summed E-state index contributed by atoms with van der Waals surface area (Å²) in [6, 6.07) is 5.30. The maximum Gasteiger partial charge on any atom is 0.371 e. The lowest BCUT2D eigenvalue weighted by molar-refractivity contribution is -0.385. The first kappa shape index (κ1) is 19.8. The number of benzene rings is 1. The summed E-state index contributed by atoms with van der Waals surface area (Å²) in [7, 11) is 0. The molecule has 2 rings (SSSR count). The maximum atomic E-state index is 11.4. The average molecular weight is 371 g/mol. The fourth-order valence-corrected chi connectivity index (χ4v) is 2.35. The number of carboxylic acid groups (broad SMARTS) is 1. The second-order valence-corrected chi connectivity index (χ2v) is 5.44. The van der Waals surface area contributed by atoms with Crippen LogP contribution in [0.2, 0.25) is 0 Å². The Morgan fingerprint density at radius 3 is 2.46 bits per heavy atom. The highest BCUT2D eigenvalue weighted by Crippen LogP contribution is 2.26. The summed E-state index contributed by atoms with van der Waals surface area (Å²) in [5.41, 5.74) is -0.442. The van der Waals surface area contributed by atoms with Crippen molar-refractivity contribution in [1.82, 2.24) is 0 Å². The minimum Gasteiger partial charge on any atom is -0.475 e. The molecular formula is C15H17NO10. The molecule has 0 radical (unpaired) electrons. The molecule has 1 unspecified atom stereocenters. The smallest absolute Gasteiger partial charge is 0.371 e. The minimum absolute atomic E-state index is 0.0699. The summed E-state index contributed by atoms with van der Waals surface area (Å²) in [6.07, 6.45) is -7.37. The first-order valence-electron chi connectivity index (χ1n) is 7.41. The predicted octanol–water partition coefficient (Wildman–Crippen LogP) is -1.16. The van der Waals surface area contributed by atoms with Gasteiger partial charge in [0.15, 0.2) is 0 Å². The zero-order chi connectivity index (χ0) is 19.4. The van der Waals surface area contributed by atoms with E-state index in [2.05, 4.69) is 0 Å². The summed E-state index contributed by atoms with van der Waals surface area (Å²) >= 11 is 0. The van der Waals surface area contributed by atoms with Crippen molar-refractivity contribution in [1.29, 1.82) is 0 Å². The third kappa shape index (κ3) is 4.15. The highest BCUT2D eigenvalue weighted by atomic mass is 16.7. The maximum absolute atomic E-state index is 11.4. The van der Waals surface area contributed by atoms with Crippen molar-refractivity contribution in [2.45, 2.75) is 30.7 Å². The summed E-state index contributed by atoms with van der Waals surface area (Å²) in [4.78, 5) is 21.7. The van der Waals surface area contributed by atoms with Crippen LogP contribution in [-0.2, 0) is 14.3 Å². The molecule has 1 aromatic rings. The quantitative estimate of drug-likeness (QED) is 0.177. The summed E-state index contributed by atoms with van der Waals surface area (Å²) < 4.78 is 10.1. The lowest BCUT2D eigenvalue weighted by Gasteiger charge is -2.39. The van der Waals surface area contributed by atoms with Crippen molar-refractivity contribution in [3.63, 3.8) is 0 Å². The normalized spacial score (nSPS) is 29.2. The first-order chi connectivity index (χ1) is 12.3. The highest BCUT2D eigenvalue weighted by Gasteiger charge is 2.45. The molecule has 1 saturated heterocycles. The largest absolute Gasteiger partial charge is 0.475 e. The molecule has 11 heteroatoms. The van der Waals surface area contributed by atoms with Crippen molar-refractivity contribution < 1.29 is 44.7 Å². The van der Waals surface area contributed by atoms with Gasteiger partial charge in [0, 0.05) is 12.1 Å². The molecule has 0 amide bonds. The molecular weight excluding hydrogens is 354 g/mol. The van der Waals surface area contributed by atoms with Crippen LogP contribution in [0, 0.1) is 10.1 Å². The van der Waals surface area contributed by atoms with Crippen molar-refractivity contribution in [2.75, 3.05) is 6.61 Å². The van der Waals surface area contributed by atoms with Gasteiger partial charge < -0.3 is 35.0 Å². The van der Waals surface area contributed by atoms with Gasteiger partial charge >= 0.3 is 5.97 Å². The van der Waals surface area contributed by atoms with Crippen molar-refractivity contribution in [3.05, 3.63) is 45.7 Å². The Kier molecular flexibility index (Phi) is 6.23. The van der Waals surface area contributed by atoms with Crippen LogP contribution in [0.1, 0.15) is 5.56 Å². The number of nitro groups is 1. The lowest BCUT2D eigenvalue weighted by Crippen LogP contribution is -2.59. The third-order valence-corrected chi connectivity index (χ3v) is 3.72. The SMILES string of the molecule is O=C(O)C(=Cc1ccccc1[N+](=O)[O-])O[C@H]1O[C@@H](CO)C(O)[C@@H](O)[C@@H]1O. The van der Waals surface area contributed by atoms with Gasteiger partial charge in [0.05, 0.1) is 17.1 Å². The van der Waals surface area contributed by atoms with Gasteiger partial charge in [-0.2, -0.15) is 0 Å². The van der Waals surface area contributed by atoms with E-state index in [4.69, 9.17) is 14.6 Å². The first-order valence-corrected chi connectivity index (χ1v) is 7.41. The Hall–Kier alpha value is -2.57. The Labute approximate surface area is 146 Å². The molecule has 0 spiro atoms. The second kappa shape index (κ2) is 8.21. The molecule has 1 aliphatic heterocycles. The van der Waals surface area contributed by atoms with Crippen molar-refractivity contribution in [3.8, 4) is 0 Å². The van der Waals surface area contributed by atoms with Gasteiger partial charge in [-0.05, 0) is 6.07 Å². The third-order valence-electron chi connectivity index (χ3n) is 3.72. The van der Waals surface area contributed by atoms with E-state index in [1.54, 1.807) is 0 Å². The number of aliphatic hydroxyl groups excluding tert-OH is 4. The number of nitro benzene ring substituents is 1. The topological polar surface area (TPSA) is 180 Å². The van der Waals surface area contributed by atoms with Crippen molar-refractivity contribution >= 4 is 17.7 Å². The minimum atomic E-state index is -1.82. The molecule has 1 fully saturated rings.